The zero-order valence-corrected chi connectivity index (χ0v) is 28.9. The maximum atomic E-state index is 14.7. The molecule has 1 aliphatic heterocycles. The fourth-order valence-corrected chi connectivity index (χ4v) is 6.02. The molecule has 10 heteroatoms. The number of hydrogen-bond donors (Lipinski definition) is 0. The summed E-state index contributed by atoms with van der Waals surface area (Å²) < 4.78 is 23.2. The first-order valence-electron chi connectivity index (χ1n) is 17.0. The van der Waals surface area contributed by atoms with E-state index in [0.717, 1.165) is 5.01 Å². The second kappa shape index (κ2) is 17.0. The van der Waals surface area contributed by atoms with Gasteiger partial charge in [-0.3, -0.25) is 0 Å². The van der Waals surface area contributed by atoms with Gasteiger partial charge in [0.15, 0.2) is 0 Å². The van der Waals surface area contributed by atoms with Crippen molar-refractivity contribution in [3.05, 3.63) is 186 Å². The maximum absolute atomic E-state index is 14.7. The molecule has 2 amide bonds. The summed E-state index contributed by atoms with van der Waals surface area (Å²) in [5, 5.41) is 1.63. The van der Waals surface area contributed by atoms with E-state index in [9.17, 15) is 19.2 Å². The maximum Gasteiger partial charge on any atom is 0.431 e. The van der Waals surface area contributed by atoms with Crippen molar-refractivity contribution in [2.75, 3.05) is 0 Å². The zero-order valence-electron chi connectivity index (χ0n) is 28.9. The molecule has 0 spiro atoms. The minimum atomic E-state index is -2.55. The summed E-state index contributed by atoms with van der Waals surface area (Å²) in [4.78, 5) is 58.2. The number of benzene rings is 5. The molecule has 0 aromatic heterocycles. The van der Waals surface area contributed by atoms with Gasteiger partial charge in [-0.15, -0.1) is 0 Å². The highest BCUT2D eigenvalue weighted by Crippen LogP contribution is 2.43. The molecule has 0 N–H and O–H groups in total. The Balaban J connectivity index is 1.45. The van der Waals surface area contributed by atoms with Gasteiger partial charge in [-0.2, -0.15) is 5.01 Å². The Bertz CT molecular complexity index is 1950. The van der Waals surface area contributed by atoms with Crippen molar-refractivity contribution in [3.8, 4) is 0 Å². The van der Waals surface area contributed by atoms with E-state index < -0.39 is 42.1 Å². The van der Waals surface area contributed by atoms with Crippen LogP contribution in [0.5, 0.6) is 0 Å². The molecule has 5 aromatic rings. The van der Waals surface area contributed by atoms with Gasteiger partial charge in [0.2, 0.25) is 0 Å². The lowest BCUT2D eigenvalue weighted by Gasteiger charge is -2.36. The van der Waals surface area contributed by atoms with E-state index in [2.05, 4.69) is 6.58 Å². The summed E-state index contributed by atoms with van der Waals surface area (Å²) in [6.07, 6.45) is -2.67. The topological polar surface area (TPSA) is 112 Å². The Morgan fingerprint density at radius 1 is 0.509 bits per heavy atom. The standard InChI is InChI=1S/C43H38N2O8/c1-32(37-25-15-6-16-26-37)38-27-43(39(46)50-28-33-17-7-2-8-18-33,40(47)51-29-34-19-9-3-10-20-34)45(42(49)53-31-36-23-13-5-14-24-36)44(38)41(48)52-30-35-21-11-4-12-22-35/h2-26,38H,1,27-31H2/t38-/m0/s1. The molecule has 0 aliphatic carbocycles. The van der Waals surface area contributed by atoms with Gasteiger partial charge in [-0.1, -0.05) is 158 Å². The molecule has 0 unspecified atom stereocenters. The zero-order chi connectivity index (χ0) is 37.0. The van der Waals surface area contributed by atoms with Gasteiger partial charge < -0.3 is 18.9 Å². The van der Waals surface area contributed by atoms with E-state index in [1.807, 2.05) is 30.3 Å². The normalized spacial score (nSPS) is 14.5. The van der Waals surface area contributed by atoms with Crippen molar-refractivity contribution >= 4 is 29.7 Å². The van der Waals surface area contributed by atoms with Gasteiger partial charge in [0.1, 0.15) is 26.4 Å². The first-order chi connectivity index (χ1) is 25.9. The van der Waals surface area contributed by atoms with Crippen LogP contribution < -0.4 is 0 Å². The highest BCUT2D eigenvalue weighted by molar-refractivity contribution is 6.09. The van der Waals surface area contributed by atoms with Gasteiger partial charge >= 0.3 is 24.1 Å². The summed E-state index contributed by atoms with van der Waals surface area (Å²) in [7, 11) is 0. The van der Waals surface area contributed by atoms with E-state index in [1.165, 1.54) is 0 Å². The molecule has 10 nitrogen and oxygen atoms in total. The van der Waals surface area contributed by atoms with E-state index in [1.54, 1.807) is 121 Å². The summed E-state index contributed by atoms with van der Waals surface area (Å²) >= 11 is 0. The van der Waals surface area contributed by atoms with Gasteiger partial charge in [-0.05, 0) is 33.4 Å². The molecule has 1 atom stereocenters. The van der Waals surface area contributed by atoms with E-state index in [0.29, 0.717) is 38.4 Å². The van der Waals surface area contributed by atoms with Crippen LogP contribution in [0.25, 0.3) is 5.57 Å². The molecule has 1 aliphatic rings. The first-order valence-corrected chi connectivity index (χ1v) is 17.0. The number of carbonyl (C=O) groups is 4. The number of ether oxygens (including phenoxy) is 4. The third-order valence-corrected chi connectivity index (χ3v) is 8.78. The van der Waals surface area contributed by atoms with Crippen LogP contribution in [-0.4, -0.2) is 45.7 Å². The molecule has 1 heterocycles. The van der Waals surface area contributed by atoms with Crippen molar-refractivity contribution in [2.24, 2.45) is 0 Å². The molecule has 0 radical (unpaired) electrons. The molecule has 5 aromatic carbocycles. The van der Waals surface area contributed by atoms with E-state index >= 15 is 0 Å². The minimum absolute atomic E-state index is 0.169. The fourth-order valence-electron chi connectivity index (χ4n) is 6.02. The quantitative estimate of drug-likeness (QED) is 0.0731. The van der Waals surface area contributed by atoms with Crippen LogP contribution in [0.3, 0.4) is 0 Å². The SMILES string of the molecule is C=C(c1ccccc1)[C@@H]1CC(C(=O)OCc2ccccc2)(C(=O)OCc2ccccc2)N(C(=O)OCc2ccccc2)N1C(=O)OCc1ccccc1. The molecule has 268 valence electrons. The van der Waals surface area contributed by atoms with Crippen LogP contribution in [0.15, 0.2) is 158 Å². The van der Waals surface area contributed by atoms with Gasteiger partial charge in [-0.25, -0.2) is 24.2 Å². The van der Waals surface area contributed by atoms with Crippen molar-refractivity contribution in [3.63, 3.8) is 0 Å². The monoisotopic (exact) mass is 710 g/mol. The number of carbonyl (C=O) groups excluding carboxylic acids is 4. The molecule has 6 rings (SSSR count). The molecule has 53 heavy (non-hydrogen) atoms. The summed E-state index contributed by atoms with van der Waals surface area (Å²) in [5.41, 5.74) is 0.952. The number of esters is 2. The second-order valence-electron chi connectivity index (χ2n) is 12.3. The van der Waals surface area contributed by atoms with Crippen molar-refractivity contribution in [2.45, 2.75) is 44.4 Å². The summed E-state index contributed by atoms with van der Waals surface area (Å²) in [6.45, 7) is 3.41. The lowest BCUT2D eigenvalue weighted by molar-refractivity contribution is -0.179. The number of hydrogen-bond acceptors (Lipinski definition) is 8. The van der Waals surface area contributed by atoms with E-state index in [-0.39, 0.29) is 26.4 Å². The Kier molecular flexibility index (Phi) is 11.6. The van der Waals surface area contributed by atoms with Crippen LogP contribution in [0.4, 0.5) is 9.59 Å². The fraction of sp³-hybridized carbons (Fsp3) is 0.163. The third-order valence-electron chi connectivity index (χ3n) is 8.78. The van der Waals surface area contributed by atoms with Crippen LogP contribution in [0.2, 0.25) is 0 Å². The van der Waals surface area contributed by atoms with E-state index in [4.69, 9.17) is 18.9 Å². The van der Waals surface area contributed by atoms with Gasteiger partial charge in [0.05, 0.1) is 6.04 Å². The number of amides is 2. The highest BCUT2D eigenvalue weighted by Gasteiger charge is 2.67. The Morgan fingerprint density at radius 2 is 0.849 bits per heavy atom. The third kappa shape index (κ3) is 8.45. The summed E-state index contributed by atoms with van der Waals surface area (Å²) in [6, 6.07) is 43.3. The van der Waals surface area contributed by atoms with Crippen molar-refractivity contribution in [1.82, 2.24) is 10.0 Å². The highest BCUT2D eigenvalue weighted by atomic mass is 16.6. The Hall–Kier alpha value is -6.68. The largest absolute Gasteiger partial charge is 0.459 e. The van der Waals surface area contributed by atoms with Crippen LogP contribution in [-0.2, 0) is 55.0 Å². The van der Waals surface area contributed by atoms with Gasteiger partial charge in [0.25, 0.3) is 5.54 Å². The predicted octanol–water partition coefficient (Wildman–Crippen LogP) is 7.89. The summed E-state index contributed by atoms with van der Waals surface area (Å²) in [5.74, 6) is -2.25. The Morgan fingerprint density at radius 3 is 1.25 bits per heavy atom. The first kappa shape index (κ1) is 36.1. The number of hydrazine groups is 1. The number of rotatable bonds is 12. The molecule has 0 saturated carbocycles. The van der Waals surface area contributed by atoms with Crippen LogP contribution in [0, 0.1) is 0 Å². The lowest BCUT2D eigenvalue weighted by atomic mass is 9.88. The average Bonchev–Trinajstić information content (AvgIpc) is 3.59. The van der Waals surface area contributed by atoms with Crippen LogP contribution in [0.1, 0.15) is 34.2 Å². The molecular formula is C43H38N2O8. The molecular weight excluding hydrogens is 672 g/mol. The van der Waals surface area contributed by atoms with Crippen molar-refractivity contribution < 1.29 is 38.1 Å². The van der Waals surface area contributed by atoms with Crippen LogP contribution >= 0.6 is 0 Å². The minimum Gasteiger partial charge on any atom is -0.459 e. The van der Waals surface area contributed by atoms with Gasteiger partial charge in [0, 0.05) is 6.42 Å². The molecule has 1 saturated heterocycles. The molecule has 0 bridgehead atoms. The average molecular weight is 711 g/mol. The Labute approximate surface area is 307 Å². The molecule has 1 fully saturated rings. The smallest absolute Gasteiger partial charge is 0.431 e. The predicted molar refractivity (Wildman–Crippen MR) is 196 cm³/mol. The lowest BCUT2D eigenvalue weighted by Crippen LogP contribution is -2.64. The van der Waals surface area contributed by atoms with Crippen molar-refractivity contribution in [1.29, 1.82) is 0 Å². The second-order valence-corrected chi connectivity index (χ2v) is 12.3. The number of nitrogens with zero attached hydrogens (tertiary/aromatic N) is 2.